The quantitative estimate of drug-likeness (QED) is 0.447. The SMILES string of the molecule is C[C@H](NC(=O)COc1ccc(/C=N\NC(=O)c2ccncc2)cc1)c1ccccc1. The lowest BCUT2D eigenvalue weighted by Crippen LogP contribution is -2.31. The fourth-order valence-corrected chi connectivity index (χ4v) is 2.64. The normalized spacial score (nSPS) is 11.6. The minimum atomic E-state index is -0.315. The zero-order valence-electron chi connectivity index (χ0n) is 16.5. The van der Waals surface area contributed by atoms with E-state index in [2.05, 4.69) is 20.8 Å². The Bertz CT molecular complexity index is 990. The molecule has 2 N–H and O–H groups in total. The van der Waals surface area contributed by atoms with Crippen molar-refractivity contribution in [2.45, 2.75) is 13.0 Å². The number of nitrogens with zero attached hydrogens (tertiary/aromatic N) is 2. The van der Waals surface area contributed by atoms with E-state index < -0.39 is 0 Å². The summed E-state index contributed by atoms with van der Waals surface area (Å²) in [6.45, 7) is 1.85. The molecule has 1 aromatic heterocycles. The predicted molar refractivity (Wildman–Crippen MR) is 114 cm³/mol. The van der Waals surface area contributed by atoms with Crippen LogP contribution in [0.4, 0.5) is 0 Å². The van der Waals surface area contributed by atoms with Gasteiger partial charge in [0, 0.05) is 18.0 Å². The van der Waals surface area contributed by atoms with E-state index in [0.717, 1.165) is 11.1 Å². The number of hydrogen-bond donors (Lipinski definition) is 2. The van der Waals surface area contributed by atoms with Crippen molar-refractivity contribution in [2.75, 3.05) is 6.61 Å². The van der Waals surface area contributed by atoms with Gasteiger partial charge in [0.25, 0.3) is 11.8 Å². The predicted octanol–water partition coefficient (Wildman–Crippen LogP) is 3.10. The average molecular weight is 402 g/mol. The monoisotopic (exact) mass is 402 g/mol. The highest BCUT2D eigenvalue weighted by molar-refractivity contribution is 5.94. The number of pyridine rings is 1. The molecule has 0 fully saturated rings. The first-order valence-electron chi connectivity index (χ1n) is 9.42. The largest absolute Gasteiger partial charge is 0.484 e. The molecule has 0 saturated carbocycles. The van der Waals surface area contributed by atoms with Crippen LogP contribution in [0.5, 0.6) is 5.75 Å². The summed E-state index contributed by atoms with van der Waals surface area (Å²) in [5.41, 5.74) is 4.74. The van der Waals surface area contributed by atoms with Gasteiger partial charge >= 0.3 is 0 Å². The zero-order chi connectivity index (χ0) is 21.2. The van der Waals surface area contributed by atoms with Gasteiger partial charge in [-0.3, -0.25) is 14.6 Å². The van der Waals surface area contributed by atoms with E-state index in [1.54, 1.807) is 48.8 Å². The molecule has 0 bridgehead atoms. The van der Waals surface area contributed by atoms with Crippen molar-refractivity contribution < 1.29 is 14.3 Å². The van der Waals surface area contributed by atoms with Crippen LogP contribution in [0, 0.1) is 0 Å². The fraction of sp³-hybridized carbons (Fsp3) is 0.130. The van der Waals surface area contributed by atoms with Crippen LogP contribution in [-0.4, -0.2) is 29.6 Å². The number of benzene rings is 2. The number of ether oxygens (including phenoxy) is 1. The highest BCUT2D eigenvalue weighted by Gasteiger charge is 2.09. The van der Waals surface area contributed by atoms with Crippen LogP contribution in [0.15, 0.2) is 84.2 Å². The van der Waals surface area contributed by atoms with Crippen molar-refractivity contribution in [3.63, 3.8) is 0 Å². The highest BCUT2D eigenvalue weighted by Crippen LogP contribution is 2.13. The Morgan fingerprint density at radius 1 is 1.03 bits per heavy atom. The summed E-state index contributed by atoms with van der Waals surface area (Å²) in [7, 11) is 0. The molecule has 0 spiro atoms. The van der Waals surface area contributed by atoms with Gasteiger partial charge in [-0.15, -0.1) is 0 Å². The Hall–Kier alpha value is -4.00. The smallest absolute Gasteiger partial charge is 0.271 e. The second-order valence-electron chi connectivity index (χ2n) is 6.49. The number of amides is 2. The van der Waals surface area contributed by atoms with Crippen LogP contribution in [0.2, 0.25) is 0 Å². The molecule has 0 aliphatic carbocycles. The van der Waals surface area contributed by atoms with Crippen LogP contribution >= 0.6 is 0 Å². The lowest BCUT2D eigenvalue weighted by molar-refractivity contribution is -0.123. The van der Waals surface area contributed by atoms with Gasteiger partial charge in [0.05, 0.1) is 12.3 Å². The van der Waals surface area contributed by atoms with Crippen LogP contribution in [0.25, 0.3) is 0 Å². The molecule has 0 radical (unpaired) electrons. The second kappa shape index (κ2) is 10.5. The molecule has 3 aromatic rings. The van der Waals surface area contributed by atoms with Crippen LogP contribution in [0.3, 0.4) is 0 Å². The minimum absolute atomic E-state index is 0.0768. The van der Waals surface area contributed by atoms with Crippen molar-refractivity contribution in [1.82, 2.24) is 15.7 Å². The topological polar surface area (TPSA) is 92.7 Å². The standard InChI is InChI=1S/C23H22N4O3/c1-17(19-5-3-2-4-6-19)26-22(28)16-30-21-9-7-18(8-10-21)15-25-27-23(29)20-11-13-24-14-12-20/h2-15,17H,16H2,1H3,(H,26,28)(H,27,29)/b25-15-/t17-/m0/s1. The van der Waals surface area contributed by atoms with E-state index >= 15 is 0 Å². The van der Waals surface area contributed by atoms with Gasteiger partial charge < -0.3 is 10.1 Å². The fourth-order valence-electron chi connectivity index (χ4n) is 2.64. The first-order valence-corrected chi connectivity index (χ1v) is 9.42. The summed E-state index contributed by atoms with van der Waals surface area (Å²) in [5, 5.41) is 6.83. The summed E-state index contributed by atoms with van der Waals surface area (Å²) < 4.78 is 5.53. The Morgan fingerprint density at radius 3 is 2.43 bits per heavy atom. The maximum atomic E-state index is 12.1. The number of rotatable bonds is 8. The lowest BCUT2D eigenvalue weighted by Gasteiger charge is -2.14. The number of hydrogen-bond acceptors (Lipinski definition) is 5. The molecule has 0 saturated heterocycles. The number of carbonyl (C=O) groups is 2. The summed E-state index contributed by atoms with van der Waals surface area (Å²) in [5.74, 6) is 0.0515. The summed E-state index contributed by atoms with van der Waals surface area (Å²) >= 11 is 0. The van der Waals surface area contributed by atoms with Gasteiger partial charge in [-0.1, -0.05) is 30.3 Å². The van der Waals surface area contributed by atoms with Gasteiger partial charge in [-0.2, -0.15) is 5.10 Å². The number of aromatic nitrogens is 1. The molecule has 1 heterocycles. The summed E-state index contributed by atoms with van der Waals surface area (Å²) in [6, 6.07) is 19.9. The molecule has 2 aromatic carbocycles. The van der Waals surface area contributed by atoms with Crippen molar-refractivity contribution in [1.29, 1.82) is 0 Å². The molecule has 0 unspecified atom stereocenters. The van der Waals surface area contributed by atoms with Crippen molar-refractivity contribution in [3.8, 4) is 5.75 Å². The van der Waals surface area contributed by atoms with E-state index in [9.17, 15) is 9.59 Å². The molecule has 3 rings (SSSR count). The van der Waals surface area contributed by atoms with Gasteiger partial charge in [0.1, 0.15) is 5.75 Å². The van der Waals surface area contributed by atoms with Crippen molar-refractivity contribution in [2.24, 2.45) is 5.10 Å². The average Bonchev–Trinajstić information content (AvgIpc) is 2.79. The summed E-state index contributed by atoms with van der Waals surface area (Å²) in [6.07, 6.45) is 4.61. The maximum absolute atomic E-state index is 12.1. The number of nitrogens with one attached hydrogen (secondary N) is 2. The maximum Gasteiger partial charge on any atom is 0.271 e. The van der Waals surface area contributed by atoms with E-state index in [1.165, 1.54) is 6.21 Å². The van der Waals surface area contributed by atoms with Crippen molar-refractivity contribution >= 4 is 18.0 Å². The zero-order valence-corrected chi connectivity index (χ0v) is 16.5. The minimum Gasteiger partial charge on any atom is -0.484 e. The molecular formula is C23H22N4O3. The van der Waals surface area contributed by atoms with E-state index in [-0.39, 0.29) is 24.5 Å². The van der Waals surface area contributed by atoms with E-state index in [4.69, 9.17) is 4.74 Å². The third-order valence-corrected chi connectivity index (χ3v) is 4.25. The Balaban J connectivity index is 1.44. The molecule has 1 atom stereocenters. The van der Waals surface area contributed by atoms with E-state index in [1.807, 2.05) is 37.3 Å². The van der Waals surface area contributed by atoms with Crippen LogP contribution in [0.1, 0.15) is 34.5 Å². The molecule has 7 heteroatoms. The molecule has 152 valence electrons. The van der Waals surface area contributed by atoms with Gasteiger partial charge in [0.2, 0.25) is 0 Å². The molecular weight excluding hydrogens is 380 g/mol. The highest BCUT2D eigenvalue weighted by atomic mass is 16.5. The van der Waals surface area contributed by atoms with Gasteiger partial charge in [-0.25, -0.2) is 5.43 Å². The first kappa shape index (κ1) is 20.7. The lowest BCUT2D eigenvalue weighted by atomic mass is 10.1. The van der Waals surface area contributed by atoms with E-state index in [0.29, 0.717) is 11.3 Å². The first-order chi connectivity index (χ1) is 14.6. The number of carbonyl (C=O) groups excluding carboxylic acids is 2. The molecule has 0 aliphatic rings. The number of hydrazone groups is 1. The Kier molecular flexibility index (Phi) is 7.27. The molecule has 30 heavy (non-hydrogen) atoms. The van der Waals surface area contributed by atoms with Crippen molar-refractivity contribution in [3.05, 3.63) is 95.8 Å². The van der Waals surface area contributed by atoms with Crippen LogP contribution < -0.4 is 15.5 Å². The Morgan fingerprint density at radius 2 is 1.73 bits per heavy atom. The third kappa shape index (κ3) is 6.27. The van der Waals surface area contributed by atoms with Gasteiger partial charge in [-0.05, 0) is 54.4 Å². The Labute approximate surface area is 174 Å². The molecule has 7 nitrogen and oxygen atoms in total. The second-order valence-corrected chi connectivity index (χ2v) is 6.49. The van der Waals surface area contributed by atoms with Crippen LogP contribution in [-0.2, 0) is 4.79 Å². The molecule has 0 aliphatic heterocycles. The third-order valence-electron chi connectivity index (χ3n) is 4.25. The van der Waals surface area contributed by atoms with Gasteiger partial charge in [0.15, 0.2) is 6.61 Å². The summed E-state index contributed by atoms with van der Waals surface area (Å²) in [4.78, 5) is 27.8. The molecule has 2 amide bonds.